The molecular formula is C24H31FN4O2. The second-order valence-electron chi connectivity index (χ2n) is 9.70. The predicted molar refractivity (Wildman–Crippen MR) is 117 cm³/mol. The van der Waals surface area contributed by atoms with E-state index in [1.54, 1.807) is 12.1 Å². The van der Waals surface area contributed by atoms with Crippen LogP contribution in [0.5, 0.6) is 0 Å². The molecule has 0 saturated carbocycles. The molecule has 2 aliphatic rings. The molecule has 0 bridgehead atoms. The molecule has 1 saturated heterocycles. The highest BCUT2D eigenvalue weighted by atomic mass is 19.1. The van der Waals surface area contributed by atoms with Crippen molar-refractivity contribution in [1.29, 1.82) is 0 Å². The Morgan fingerprint density at radius 3 is 2.58 bits per heavy atom. The van der Waals surface area contributed by atoms with E-state index >= 15 is 0 Å². The van der Waals surface area contributed by atoms with Gasteiger partial charge in [0.25, 0.3) is 0 Å². The number of ether oxygens (including phenoxy) is 1. The van der Waals surface area contributed by atoms with Crippen LogP contribution in [0.2, 0.25) is 0 Å². The summed E-state index contributed by atoms with van der Waals surface area (Å²) in [5.74, 6) is 0.346. The van der Waals surface area contributed by atoms with Crippen molar-refractivity contribution in [3.8, 4) is 0 Å². The first-order valence-electron chi connectivity index (χ1n) is 11.0. The number of halogens is 1. The molecule has 2 aromatic rings. The Morgan fingerprint density at radius 1 is 1.23 bits per heavy atom. The third-order valence-electron chi connectivity index (χ3n) is 5.98. The summed E-state index contributed by atoms with van der Waals surface area (Å²) in [5.41, 5.74) is 2.79. The van der Waals surface area contributed by atoms with Gasteiger partial charge in [-0.05, 0) is 49.8 Å². The summed E-state index contributed by atoms with van der Waals surface area (Å²) in [4.78, 5) is 24.5. The van der Waals surface area contributed by atoms with Gasteiger partial charge in [0.15, 0.2) is 0 Å². The van der Waals surface area contributed by atoms with Crippen LogP contribution in [0.3, 0.4) is 0 Å². The van der Waals surface area contributed by atoms with Gasteiger partial charge in [-0.15, -0.1) is 0 Å². The van der Waals surface area contributed by atoms with Gasteiger partial charge in [0.05, 0.1) is 30.4 Å². The van der Waals surface area contributed by atoms with Crippen LogP contribution < -0.4 is 10.2 Å². The predicted octanol–water partition coefficient (Wildman–Crippen LogP) is 3.60. The Labute approximate surface area is 183 Å². The molecule has 3 atom stereocenters. The average Bonchev–Trinajstić information content (AvgIpc) is 2.67. The minimum absolute atomic E-state index is 0.0119. The Hall–Kier alpha value is -2.54. The van der Waals surface area contributed by atoms with Crippen molar-refractivity contribution < 1.29 is 13.9 Å². The molecule has 0 spiro atoms. The van der Waals surface area contributed by atoms with Gasteiger partial charge >= 0.3 is 0 Å². The lowest BCUT2D eigenvalue weighted by molar-refractivity contribution is -0.121. The van der Waals surface area contributed by atoms with E-state index in [0.29, 0.717) is 0 Å². The van der Waals surface area contributed by atoms with Crippen molar-refractivity contribution in [3.63, 3.8) is 0 Å². The number of nitrogens with one attached hydrogen (secondary N) is 1. The number of fused-ring (bicyclic) bond motifs is 1. The normalized spacial score (nSPS) is 25.1. The molecule has 6 nitrogen and oxygen atoms in total. The van der Waals surface area contributed by atoms with E-state index in [9.17, 15) is 9.18 Å². The summed E-state index contributed by atoms with van der Waals surface area (Å²) in [6, 6.07) is 5.92. The average molecular weight is 427 g/mol. The van der Waals surface area contributed by atoms with Crippen LogP contribution in [-0.2, 0) is 22.4 Å². The Balaban J connectivity index is 1.53. The van der Waals surface area contributed by atoms with E-state index in [1.807, 2.05) is 6.20 Å². The summed E-state index contributed by atoms with van der Waals surface area (Å²) in [6.45, 7) is 10.1. The number of hydrogen-bond acceptors (Lipinski definition) is 5. The lowest BCUT2D eigenvalue weighted by Crippen LogP contribution is -2.46. The maximum Gasteiger partial charge on any atom is 0.225 e. The van der Waals surface area contributed by atoms with Gasteiger partial charge in [-0.2, -0.15) is 0 Å². The third kappa shape index (κ3) is 5.21. The van der Waals surface area contributed by atoms with Gasteiger partial charge in [-0.1, -0.05) is 26.0 Å². The highest BCUT2D eigenvalue weighted by Crippen LogP contribution is 2.40. The summed E-state index contributed by atoms with van der Waals surface area (Å²) in [6.07, 6.45) is 4.04. The highest BCUT2D eigenvalue weighted by Gasteiger charge is 2.35. The summed E-state index contributed by atoms with van der Waals surface area (Å²) in [5, 5.41) is 3.16. The third-order valence-corrected chi connectivity index (χ3v) is 5.98. The lowest BCUT2D eigenvalue weighted by Gasteiger charge is -2.38. The van der Waals surface area contributed by atoms with Crippen molar-refractivity contribution in [1.82, 2.24) is 15.3 Å². The highest BCUT2D eigenvalue weighted by molar-refractivity contribution is 5.79. The first kappa shape index (κ1) is 21.7. The van der Waals surface area contributed by atoms with E-state index in [4.69, 9.17) is 9.72 Å². The van der Waals surface area contributed by atoms with Crippen molar-refractivity contribution in [3.05, 3.63) is 53.1 Å². The van der Waals surface area contributed by atoms with Gasteiger partial charge in [0.2, 0.25) is 11.9 Å². The molecule has 1 aromatic heterocycles. The molecule has 31 heavy (non-hydrogen) atoms. The summed E-state index contributed by atoms with van der Waals surface area (Å²) in [7, 11) is 0. The first-order valence-corrected chi connectivity index (χ1v) is 11.0. The van der Waals surface area contributed by atoms with E-state index < -0.39 is 0 Å². The van der Waals surface area contributed by atoms with Gasteiger partial charge in [0, 0.05) is 24.8 Å². The zero-order valence-corrected chi connectivity index (χ0v) is 18.7. The fraction of sp³-hybridized carbons (Fsp3) is 0.542. The van der Waals surface area contributed by atoms with Crippen LogP contribution in [0.4, 0.5) is 10.3 Å². The molecule has 2 heterocycles. The van der Waals surface area contributed by atoms with Crippen LogP contribution >= 0.6 is 0 Å². The topological polar surface area (TPSA) is 67.4 Å². The zero-order valence-electron chi connectivity index (χ0n) is 18.7. The van der Waals surface area contributed by atoms with Crippen molar-refractivity contribution >= 4 is 11.9 Å². The van der Waals surface area contributed by atoms with Crippen LogP contribution in [0.25, 0.3) is 0 Å². The number of carbonyl (C=O) groups is 1. The molecule has 1 aliphatic carbocycles. The number of aromatic nitrogens is 2. The number of carbonyl (C=O) groups excluding carboxylic acids is 1. The van der Waals surface area contributed by atoms with Crippen LogP contribution in [-0.4, -0.2) is 41.2 Å². The molecule has 1 N–H and O–H groups in total. The SMILES string of the molecule is C[C@@H]1CN(c2ncc3c(n2)CC(C)(C)C[C@H]3NC(=O)Cc2ccc(F)cc2)C[C@H](C)O1. The standard InChI is InChI=1S/C24H31FN4O2/c1-15-13-29(14-16(2)31-15)23-26-12-19-20(10-24(3,4)11-21(19)28-23)27-22(30)9-17-5-7-18(25)8-6-17/h5-8,12,15-16,20H,9-11,13-14H2,1-4H3,(H,27,30)/t15-,16+,20-/m1/s1. The van der Waals surface area contributed by atoms with Gasteiger partial charge in [-0.3, -0.25) is 4.79 Å². The molecule has 1 fully saturated rings. The van der Waals surface area contributed by atoms with Gasteiger partial charge < -0.3 is 15.0 Å². The second kappa shape index (κ2) is 8.54. The Morgan fingerprint density at radius 2 is 1.90 bits per heavy atom. The minimum Gasteiger partial charge on any atom is -0.372 e. The summed E-state index contributed by atoms with van der Waals surface area (Å²) >= 11 is 0. The fourth-order valence-electron chi connectivity index (χ4n) is 4.69. The van der Waals surface area contributed by atoms with Gasteiger partial charge in [0.1, 0.15) is 5.82 Å². The first-order chi connectivity index (χ1) is 14.7. The number of hydrogen-bond donors (Lipinski definition) is 1. The molecule has 1 aliphatic heterocycles. The number of amides is 1. The monoisotopic (exact) mass is 426 g/mol. The lowest BCUT2D eigenvalue weighted by atomic mass is 9.74. The van der Waals surface area contributed by atoms with E-state index in [-0.39, 0.29) is 41.8 Å². The van der Waals surface area contributed by atoms with Crippen LogP contribution in [0.15, 0.2) is 30.5 Å². The molecule has 166 valence electrons. The molecular weight excluding hydrogens is 395 g/mol. The minimum atomic E-state index is -0.302. The van der Waals surface area contributed by atoms with E-state index in [0.717, 1.165) is 48.7 Å². The molecule has 1 aromatic carbocycles. The Bertz CT molecular complexity index is 937. The van der Waals surface area contributed by atoms with Crippen molar-refractivity contribution in [2.45, 2.75) is 65.2 Å². The quantitative estimate of drug-likeness (QED) is 0.809. The van der Waals surface area contributed by atoms with E-state index in [2.05, 4.69) is 42.9 Å². The molecule has 1 amide bonds. The van der Waals surface area contributed by atoms with E-state index in [1.165, 1.54) is 12.1 Å². The maximum atomic E-state index is 13.1. The number of benzene rings is 1. The van der Waals surface area contributed by atoms with Gasteiger partial charge in [-0.25, -0.2) is 14.4 Å². The number of morpholine rings is 1. The zero-order chi connectivity index (χ0) is 22.2. The molecule has 0 radical (unpaired) electrons. The molecule has 7 heteroatoms. The smallest absolute Gasteiger partial charge is 0.225 e. The maximum absolute atomic E-state index is 13.1. The van der Waals surface area contributed by atoms with Crippen LogP contribution in [0.1, 0.15) is 57.0 Å². The second-order valence-corrected chi connectivity index (χ2v) is 9.70. The fourth-order valence-corrected chi connectivity index (χ4v) is 4.69. The van der Waals surface area contributed by atoms with Crippen LogP contribution in [0, 0.1) is 11.2 Å². The molecule has 0 unspecified atom stereocenters. The number of nitrogens with zero attached hydrogens (tertiary/aromatic N) is 3. The number of rotatable bonds is 4. The Kier molecular flexibility index (Phi) is 5.97. The largest absolute Gasteiger partial charge is 0.372 e. The van der Waals surface area contributed by atoms with Crippen molar-refractivity contribution in [2.24, 2.45) is 5.41 Å². The molecule has 4 rings (SSSR count). The summed E-state index contributed by atoms with van der Waals surface area (Å²) < 4.78 is 19.0. The number of anilines is 1. The van der Waals surface area contributed by atoms with Crippen molar-refractivity contribution in [2.75, 3.05) is 18.0 Å².